The van der Waals surface area contributed by atoms with Crippen molar-refractivity contribution in [2.75, 3.05) is 6.67 Å². The van der Waals surface area contributed by atoms with Gasteiger partial charge in [-0.1, -0.05) is 37.3 Å². The molecule has 1 heterocycles. The first-order valence-corrected chi connectivity index (χ1v) is 8.51. The second kappa shape index (κ2) is 9.48. The number of amides is 1. The maximum absolute atomic E-state index is 13.1. The molecule has 1 aromatic heterocycles. The lowest BCUT2D eigenvalue weighted by Gasteiger charge is -2.22. The standard InChI is InChI=1S/C19H22F3N3O2/c1-2-14(23)15-8-7-13(10-24-15)11-3-5-12(6-4-11)17(26)16(9-20)25-19(27)18(21)22/h3-8,10,14,16-18,26H,2,9,23H2,1H3,(H,25,27)/t14?,16-,17-/m1/s1. The highest BCUT2D eigenvalue weighted by Crippen LogP contribution is 2.24. The summed E-state index contributed by atoms with van der Waals surface area (Å²) in [5.41, 5.74) is 8.66. The number of aliphatic hydroxyl groups is 1. The third-order valence-corrected chi connectivity index (χ3v) is 4.26. The van der Waals surface area contributed by atoms with E-state index in [-0.39, 0.29) is 6.04 Å². The molecule has 0 fully saturated rings. The van der Waals surface area contributed by atoms with Crippen LogP contribution in [0.25, 0.3) is 11.1 Å². The summed E-state index contributed by atoms with van der Waals surface area (Å²) in [6.45, 7) is 0.795. The molecule has 5 nitrogen and oxygen atoms in total. The van der Waals surface area contributed by atoms with Crippen LogP contribution in [0.15, 0.2) is 42.6 Å². The molecule has 0 saturated heterocycles. The van der Waals surface area contributed by atoms with E-state index in [9.17, 15) is 23.1 Å². The van der Waals surface area contributed by atoms with Gasteiger partial charge < -0.3 is 16.2 Å². The van der Waals surface area contributed by atoms with Crippen molar-refractivity contribution in [1.82, 2.24) is 10.3 Å². The lowest BCUT2D eigenvalue weighted by atomic mass is 9.99. The number of halogens is 3. The molecule has 0 bridgehead atoms. The van der Waals surface area contributed by atoms with Gasteiger partial charge in [0.2, 0.25) is 0 Å². The Labute approximate surface area is 155 Å². The van der Waals surface area contributed by atoms with Crippen molar-refractivity contribution in [1.29, 1.82) is 0 Å². The SMILES string of the molecule is CCC(N)c1ccc(-c2ccc([C@@H](O)[C@@H](CF)NC(=O)C(F)F)cc2)cn1. The molecular formula is C19H22F3N3O2. The van der Waals surface area contributed by atoms with E-state index in [2.05, 4.69) is 4.98 Å². The summed E-state index contributed by atoms with van der Waals surface area (Å²) in [6.07, 6.45) is -2.26. The van der Waals surface area contributed by atoms with E-state index in [1.165, 1.54) is 0 Å². The lowest BCUT2D eigenvalue weighted by molar-refractivity contribution is -0.133. The number of carbonyl (C=O) groups is 1. The quantitative estimate of drug-likeness (QED) is 0.656. The van der Waals surface area contributed by atoms with E-state index < -0.39 is 31.2 Å². The van der Waals surface area contributed by atoms with Gasteiger partial charge in [-0.25, -0.2) is 4.39 Å². The number of nitrogens with zero attached hydrogens (tertiary/aromatic N) is 1. The van der Waals surface area contributed by atoms with Crippen LogP contribution in [0.4, 0.5) is 13.2 Å². The molecule has 8 heteroatoms. The molecule has 0 radical (unpaired) electrons. The summed E-state index contributed by atoms with van der Waals surface area (Å²) in [4.78, 5) is 15.4. The van der Waals surface area contributed by atoms with Crippen LogP contribution in [0, 0.1) is 0 Å². The Morgan fingerprint density at radius 2 is 1.81 bits per heavy atom. The smallest absolute Gasteiger partial charge is 0.315 e. The number of alkyl halides is 3. The number of hydrogen-bond acceptors (Lipinski definition) is 4. The van der Waals surface area contributed by atoms with Crippen molar-refractivity contribution < 1.29 is 23.1 Å². The molecule has 0 aliphatic rings. The Kier molecular flexibility index (Phi) is 7.32. The van der Waals surface area contributed by atoms with Crippen molar-refractivity contribution in [3.8, 4) is 11.1 Å². The number of nitrogens with two attached hydrogens (primary N) is 1. The molecule has 0 aliphatic heterocycles. The van der Waals surface area contributed by atoms with Gasteiger partial charge >= 0.3 is 6.43 Å². The van der Waals surface area contributed by atoms with Crippen LogP contribution < -0.4 is 11.1 Å². The highest BCUT2D eigenvalue weighted by molar-refractivity contribution is 5.79. The maximum Gasteiger partial charge on any atom is 0.315 e. The van der Waals surface area contributed by atoms with Gasteiger partial charge in [0.05, 0.1) is 11.7 Å². The van der Waals surface area contributed by atoms with Gasteiger partial charge in [-0.15, -0.1) is 0 Å². The van der Waals surface area contributed by atoms with E-state index in [1.807, 2.05) is 19.1 Å². The first-order valence-electron chi connectivity index (χ1n) is 8.51. The topological polar surface area (TPSA) is 88.2 Å². The summed E-state index contributed by atoms with van der Waals surface area (Å²) >= 11 is 0. The maximum atomic E-state index is 13.1. The van der Waals surface area contributed by atoms with Crippen molar-refractivity contribution >= 4 is 5.91 Å². The normalized spacial score (nSPS) is 14.6. The minimum atomic E-state index is -3.27. The van der Waals surface area contributed by atoms with Gasteiger partial charge in [0.15, 0.2) is 0 Å². The predicted octanol–water partition coefficient (Wildman–Crippen LogP) is 2.91. The number of rotatable bonds is 8. The molecule has 27 heavy (non-hydrogen) atoms. The van der Waals surface area contributed by atoms with Crippen molar-refractivity contribution in [2.45, 2.75) is 38.0 Å². The monoisotopic (exact) mass is 381 g/mol. The van der Waals surface area contributed by atoms with E-state index >= 15 is 0 Å². The molecule has 0 saturated carbocycles. The average Bonchev–Trinajstić information content (AvgIpc) is 2.70. The van der Waals surface area contributed by atoms with Gasteiger partial charge in [0.25, 0.3) is 5.91 Å². The van der Waals surface area contributed by atoms with Crippen LogP contribution in [0.5, 0.6) is 0 Å². The number of pyridine rings is 1. The second-order valence-electron chi connectivity index (χ2n) is 6.12. The molecule has 2 rings (SSSR count). The Bertz CT molecular complexity index is 739. The van der Waals surface area contributed by atoms with Gasteiger partial charge in [0, 0.05) is 17.8 Å². The predicted molar refractivity (Wildman–Crippen MR) is 95.8 cm³/mol. The zero-order valence-electron chi connectivity index (χ0n) is 14.8. The zero-order valence-corrected chi connectivity index (χ0v) is 14.8. The van der Waals surface area contributed by atoms with Crippen LogP contribution in [0.3, 0.4) is 0 Å². The molecule has 1 amide bonds. The van der Waals surface area contributed by atoms with Crippen LogP contribution in [0.1, 0.15) is 36.7 Å². The molecule has 146 valence electrons. The third kappa shape index (κ3) is 5.27. The molecule has 0 aliphatic carbocycles. The Morgan fingerprint density at radius 3 is 2.30 bits per heavy atom. The number of carbonyl (C=O) groups excluding carboxylic acids is 1. The molecule has 1 unspecified atom stereocenters. The van der Waals surface area contributed by atoms with Crippen LogP contribution in [0.2, 0.25) is 0 Å². The van der Waals surface area contributed by atoms with Crippen LogP contribution in [-0.4, -0.2) is 35.1 Å². The number of aliphatic hydroxyl groups excluding tert-OH is 1. The molecular weight excluding hydrogens is 359 g/mol. The number of aromatic nitrogens is 1. The molecule has 4 N–H and O–H groups in total. The van der Waals surface area contributed by atoms with E-state index in [4.69, 9.17) is 5.73 Å². The van der Waals surface area contributed by atoms with E-state index in [1.54, 1.807) is 35.8 Å². The third-order valence-electron chi connectivity index (χ3n) is 4.26. The van der Waals surface area contributed by atoms with Crippen molar-refractivity contribution in [3.63, 3.8) is 0 Å². The summed E-state index contributed by atoms with van der Waals surface area (Å²) in [7, 11) is 0. The largest absolute Gasteiger partial charge is 0.386 e. The van der Waals surface area contributed by atoms with Crippen molar-refractivity contribution in [3.05, 3.63) is 53.9 Å². The number of benzene rings is 1. The Hall–Kier alpha value is -2.45. The van der Waals surface area contributed by atoms with Crippen molar-refractivity contribution in [2.24, 2.45) is 5.73 Å². The number of hydrogen-bond donors (Lipinski definition) is 3. The van der Waals surface area contributed by atoms with Gasteiger partial charge in [-0.3, -0.25) is 9.78 Å². The number of nitrogens with one attached hydrogen (secondary N) is 1. The van der Waals surface area contributed by atoms with E-state index in [0.717, 1.165) is 23.2 Å². The fourth-order valence-corrected chi connectivity index (χ4v) is 2.56. The first-order chi connectivity index (χ1) is 12.9. The first kappa shape index (κ1) is 20.9. The fraction of sp³-hybridized carbons (Fsp3) is 0.368. The van der Waals surface area contributed by atoms with Crippen LogP contribution >= 0.6 is 0 Å². The zero-order chi connectivity index (χ0) is 20.0. The summed E-state index contributed by atoms with van der Waals surface area (Å²) in [5.74, 6) is -1.62. The Morgan fingerprint density at radius 1 is 1.19 bits per heavy atom. The highest BCUT2D eigenvalue weighted by atomic mass is 19.3. The lowest BCUT2D eigenvalue weighted by Crippen LogP contribution is -2.43. The van der Waals surface area contributed by atoms with Gasteiger partial charge in [0.1, 0.15) is 12.8 Å². The summed E-state index contributed by atoms with van der Waals surface area (Å²) < 4.78 is 37.7. The fourth-order valence-electron chi connectivity index (χ4n) is 2.56. The van der Waals surface area contributed by atoms with Crippen LogP contribution in [-0.2, 0) is 4.79 Å². The molecule has 3 atom stereocenters. The van der Waals surface area contributed by atoms with E-state index in [0.29, 0.717) is 5.56 Å². The average molecular weight is 381 g/mol. The molecule has 1 aromatic carbocycles. The minimum Gasteiger partial charge on any atom is -0.386 e. The summed E-state index contributed by atoms with van der Waals surface area (Å²) in [5, 5.41) is 12.0. The molecule has 0 spiro atoms. The second-order valence-corrected chi connectivity index (χ2v) is 6.12. The van der Waals surface area contributed by atoms with Gasteiger partial charge in [-0.05, 0) is 23.6 Å². The molecule has 2 aromatic rings. The highest BCUT2D eigenvalue weighted by Gasteiger charge is 2.26. The van der Waals surface area contributed by atoms with Gasteiger partial charge in [-0.2, -0.15) is 8.78 Å². The Balaban J connectivity index is 2.12. The summed E-state index contributed by atoms with van der Waals surface area (Å²) in [6, 6.07) is 8.61. The minimum absolute atomic E-state index is 0.127.